The Morgan fingerprint density at radius 2 is 1.60 bits per heavy atom. The monoisotopic (exact) mass is 701 g/mol. The average Bonchev–Trinajstić information content (AvgIpc) is 3.49. The number of carbonyl (C=O) groups excluding carboxylic acids is 2. The summed E-state index contributed by atoms with van der Waals surface area (Å²) in [6, 6.07) is 31.6. The van der Waals surface area contributed by atoms with Crippen LogP contribution < -0.4 is 4.74 Å². The molecule has 48 heavy (non-hydrogen) atoms. The van der Waals surface area contributed by atoms with E-state index in [1.807, 2.05) is 71.6 Å². The fourth-order valence-electron chi connectivity index (χ4n) is 6.37. The lowest BCUT2D eigenvalue weighted by atomic mass is 9.96. The third kappa shape index (κ3) is 7.37. The Morgan fingerprint density at radius 3 is 2.31 bits per heavy atom. The number of esters is 1. The molecule has 0 unspecified atom stereocenters. The van der Waals surface area contributed by atoms with Gasteiger partial charge in [-0.05, 0) is 60.0 Å². The van der Waals surface area contributed by atoms with Gasteiger partial charge in [-0.2, -0.15) is 0 Å². The van der Waals surface area contributed by atoms with Crippen LogP contribution in [-0.4, -0.2) is 72.3 Å². The molecule has 0 radical (unpaired) electrons. The molecule has 1 N–H and O–H groups in total. The summed E-state index contributed by atoms with van der Waals surface area (Å²) in [7, 11) is 1.61. The molecule has 0 aliphatic carbocycles. The van der Waals surface area contributed by atoms with Crippen molar-refractivity contribution < 1.29 is 19.1 Å². The summed E-state index contributed by atoms with van der Waals surface area (Å²) in [6.07, 6.45) is 0. The maximum absolute atomic E-state index is 13.9. The largest absolute Gasteiger partial charge is 0.497 e. The third-order valence-corrected chi connectivity index (χ3v) is 10.5. The lowest BCUT2D eigenvalue weighted by Gasteiger charge is -2.40. The van der Waals surface area contributed by atoms with Crippen molar-refractivity contribution in [2.75, 3.05) is 45.6 Å². The first-order valence-corrected chi connectivity index (χ1v) is 17.7. The Bertz CT molecular complexity index is 1890. The number of ether oxygens (including phenoxy) is 2. The van der Waals surface area contributed by atoms with Crippen LogP contribution in [0.15, 0.2) is 97.1 Å². The number of thioether (sulfide) groups is 1. The quantitative estimate of drug-likeness (QED) is 0.139. The van der Waals surface area contributed by atoms with Gasteiger partial charge in [-0.15, -0.1) is 11.8 Å². The third-order valence-electron chi connectivity index (χ3n) is 8.66. The highest BCUT2D eigenvalue weighted by molar-refractivity contribution is 8.00. The smallest absolute Gasteiger partial charge is 0.355 e. The first kappa shape index (κ1) is 33.9. The maximum Gasteiger partial charge on any atom is 0.355 e. The number of nitrogens with zero attached hydrogens (tertiary/aromatic N) is 2. The van der Waals surface area contributed by atoms with Gasteiger partial charge in [0.05, 0.1) is 30.8 Å². The highest BCUT2D eigenvalue weighted by Crippen LogP contribution is 2.45. The van der Waals surface area contributed by atoms with Gasteiger partial charge in [-0.3, -0.25) is 9.69 Å². The summed E-state index contributed by atoms with van der Waals surface area (Å²) in [5.74, 6) is 0.424. The minimum atomic E-state index is -0.463. The number of hydrogen-bond donors (Lipinski definition) is 1. The van der Waals surface area contributed by atoms with E-state index in [-0.39, 0.29) is 24.3 Å². The van der Waals surface area contributed by atoms with Crippen molar-refractivity contribution in [2.24, 2.45) is 0 Å². The SMILES string of the molecule is CCOC(=O)c1[nH]c2ccc(OC)cc2c1[C@H](SCC(=O)N1CCN([C@H](c2ccccc2)c2cccc(Cl)c2)CC1)c1ccccc1Cl. The number of aromatic nitrogens is 1. The second kappa shape index (κ2) is 15.5. The number of amides is 1. The number of fused-ring (bicyclic) bond motifs is 1. The van der Waals surface area contributed by atoms with Crippen LogP contribution in [0.1, 0.15) is 51.0 Å². The molecule has 0 spiro atoms. The minimum Gasteiger partial charge on any atom is -0.497 e. The number of piperazine rings is 1. The van der Waals surface area contributed by atoms with E-state index in [9.17, 15) is 9.59 Å². The molecule has 7 nitrogen and oxygen atoms in total. The van der Waals surface area contributed by atoms with E-state index in [1.54, 1.807) is 14.0 Å². The molecule has 1 amide bonds. The molecule has 1 aliphatic rings. The van der Waals surface area contributed by atoms with Crippen molar-refractivity contribution in [2.45, 2.75) is 18.2 Å². The molecule has 0 saturated carbocycles. The highest BCUT2D eigenvalue weighted by Gasteiger charge is 2.32. The normalized spacial score (nSPS) is 14.9. The lowest BCUT2D eigenvalue weighted by molar-refractivity contribution is -0.130. The molecule has 10 heteroatoms. The first-order chi connectivity index (χ1) is 23.4. The van der Waals surface area contributed by atoms with Crippen LogP contribution in [-0.2, 0) is 9.53 Å². The van der Waals surface area contributed by atoms with E-state index < -0.39 is 11.2 Å². The Morgan fingerprint density at radius 1 is 0.875 bits per heavy atom. The molecular weight excluding hydrogens is 665 g/mol. The van der Waals surface area contributed by atoms with Crippen LogP contribution >= 0.6 is 35.0 Å². The number of aromatic amines is 1. The molecule has 0 bridgehead atoms. The Kier molecular flexibility index (Phi) is 11.0. The van der Waals surface area contributed by atoms with Gasteiger partial charge >= 0.3 is 5.97 Å². The summed E-state index contributed by atoms with van der Waals surface area (Å²) in [4.78, 5) is 34.8. The number of methoxy groups -OCH3 is 1. The second-order valence-corrected chi connectivity index (χ2v) is 13.5. The van der Waals surface area contributed by atoms with Crippen molar-refractivity contribution in [3.63, 3.8) is 0 Å². The predicted octanol–water partition coefficient (Wildman–Crippen LogP) is 8.42. The van der Waals surface area contributed by atoms with Gasteiger partial charge in [0.1, 0.15) is 11.4 Å². The molecule has 1 aliphatic heterocycles. The predicted molar refractivity (Wildman–Crippen MR) is 194 cm³/mol. The molecule has 2 atom stereocenters. The van der Waals surface area contributed by atoms with Gasteiger partial charge in [0.25, 0.3) is 0 Å². The summed E-state index contributed by atoms with van der Waals surface area (Å²) in [5.41, 5.74) is 4.94. The molecular formula is C38H37Cl2N3O4S. The number of hydrogen-bond acceptors (Lipinski definition) is 6. The molecule has 2 heterocycles. The van der Waals surface area contributed by atoms with Gasteiger partial charge in [0.2, 0.25) is 5.91 Å². The number of carbonyl (C=O) groups is 2. The van der Waals surface area contributed by atoms with Crippen molar-refractivity contribution in [1.29, 1.82) is 0 Å². The summed E-state index contributed by atoms with van der Waals surface area (Å²) < 4.78 is 11.0. The molecule has 1 aromatic heterocycles. The van der Waals surface area contributed by atoms with Crippen LogP contribution in [0.2, 0.25) is 10.0 Å². The summed E-state index contributed by atoms with van der Waals surface area (Å²) >= 11 is 14.6. The highest BCUT2D eigenvalue weighted by atomic mass is 35.5. The lowest BCUT2D eigenvalue weighted by Crippen LogP contribution is -2.50. The van der Waals surface area contributed by atoms with Crippen molar-refractivity contribution in [3.05, 3.63) is 135 Å². The first-order valence-electron chi connectivity index (χ1n) is 15.9. The van der Waals surface area contributed by atoms with E-state index in [4.69, 9.17) is 32.7 Å². The van der Waals surface area contributed by atoms with Crippen LogP contribution in [0.25, 0.3) is 10.9 Å². The number of halogens is 2. The fraction of sp³-hybridized carbons (Fsp3) is 0.263. The van der Waals surface area contributed by atoms with Gasteiger partial charge in [-0.1, -0.05) is 83.9 Å². The fourth-order valence-corrected chi connectivity index (χ4v) is 8.17. The second-order valence-electron chi connectivity index (χ2n) is 11.5. The Labute approximate surface area is 295 Å². The zero-order valence-electron chi connectivity index (χ0n) is 26.8. The zero-order valence-corrected chi connectivity index (χ0v) is 29.2. The van der Waals surface area contributed by atoms with E-state index in [1.165, 1.54) is 17.3 Å². The summed E-state index contributed by atoms with van der Waals surface area (Å²) in [5, 5.41) is 1.63. The maximum atomic E-state index is 13.9. The Balaban J connectivity index is 1.25. The molecule has 248 valence electrons. The van der Waals surface area contributed by atoms with E-state index >= 15 is 0 Å². The van der Waals surface area contributed by atoms with Gasteiger partial charge in [-0.25, -0.2) is 4.79 Å². The van der Waals surface area contributed by atoms with Crippen LogP contribution in [0, 0.1) is 0 Å². The number of H-pyrrole nitrogens is 1. The molecule has 1 fully saturated rings. The molecule has 1 saturated heterocycles. The van der Waals surface area contributed by atoms with E-state index in [2.05, 4.69) is 40.2 Å². The van der Waals surface area contributed by atoms with E-state index in [0.29, 0.717) is 53.2 Å². The van der Waals surface area contributed by atoms with Crippen molar-refractivity contribution in [1.82, 2.24) is 14.8 Å². The molecule has 4 aromatic carbocycles. The molecule has 6 rings (SSSR count). The van der Waals surface area contributed by atoms with Crippen LogP contribution in [0.4, 0.5) is 0 Å². The standard InChI is InChI=1S/C38H37Cl2N3O4S/c1-3-47-38(45)35-34(30-23-28(46-2)16-17-32(30)41-35)37(29-14-7-8-15-31(29)40)48-24-33(44)42-18-20-43(21-19-42)36(25-10-5-4-6-11-25)26-12-9-13-27(39)22-26/h4-17,22-23,36-37,41H,3,18-21,24H2,1-2H3/t36-,37-/m1/s1. The van der Waals surface area contributed by atoms with E-state index in [0.717, 1.165) is 22.0 Å². The van der Waals surface area contributed by atoms with Gasteiger partial charge in [0.15, 0.2) is 0 Å². The minimum absolute atomic E-state index is 0.0290. The van der Waals surface area contributed by atoms with Gasteiger partial charge in [0, 0.05) is 52.7 Å². The average molecular weight is 703 g/mol. The van der Waals surface area contributed by atoms with Crippen molar-refractivity contribution in [3.8, 4) is 5.75 Å². The Hall–Kier alpha value is -3.95. The molecule has 5 aromatic rings. The van der Waals surface area contributed by atoms with Crippen molar-refractivity contribution >= 4 is 57.7 Å². The number of nitrogens with one attached hydrogen (secondary N) is 1. The number of rotatable bonds is 11. The number of benzene rings is 4. The topological polar surface area (TPSA) is 74.9 Å². The van der Waals surface area contributed by atoms with Crippen LogP contribution in [0.5, 0.6) is 5.75 Å². The van der Waals surface area contributed by atoms with Crippen LogP contribution in [0.3, 0.4) is 0 Å². The summed E-state index contributed by atoms with van der Waals surface area (Å²) in [6.45, 7) is 4.63. The zero-order chi connectivity index (χ0) is 33.6. The van der Waals surface area contributed by atoms with Gasteiger partial charge < -0.3 is 19.4 Å².